The van der Waals surface area contributed by atoms with Gasteiger partial charge in [0.25, 0.3) is 0 Å². The monoisotopic (exact) mass is 347 g/mol. The molecule has 4 nitrogen and oxygen atoms in total. The van der Waals surface area contributed by atoms with Crippen molar-refractivity contribution in [3.05, 3.63) is 70.8 Å². The van der Waals surface area contributed by atoms with Crippen LogP contribution in [0.1, 0.15) is 53.4 Å². The minimum atomic E-state index is -1.16. The highest BCUT2D eigenvalue weighted by molar-refractivity contribution is 6.04. The van der Waals surface area contributed by atoms with E-state index in [2.05, 4.69) is 53.8 Å². The molecule has 1 unspecified atom stereocenters. The summed E-state index contributed by atoms with van der Waals surface area (Å²) in [6.07, 6.45) is 1.91. The van der Waals surface area contributed by atoms with Gasteiger partial charge in [0.2, 0.25) is 5.91 Å². The molecular weight excluding hydrogens is 326 g/mol. The van der Waals surface area contributed by atoms with Gasteiger partial charge in [-0.25, -0.2) is 0 Å². The van der Waals surface area contributed by atoms with Gasteiger partial charge in [-0.05, 0) is 47.4 Å². The molecule has 26 heavy (non-hydrogen) atoms. The van der Waals surface area contributed by atoms with Crippen LogP contribution >= 0.6 is 0 Å². The van der Waals surface area contributed by atoms with Crippen molar-refractivity contribution >= 4 is 11.9 Å². The number of carbonyl (C=O) groups is 2. The van der Waals surface area contributed by atoms with Gasteiger partial charge in [0.1, 0.15) is 5.41 Å². The zero-order valence-corrected chi connectivity index (χ0v) is 14.4. The number of benzene rings is 2. The molecule has 1 saturated carbocycles. The first-order valence-electron chi connectivity index (χ1n) is 9.31. The van der Waals surface area contributed by atoms with Crippen LogP contribution in [0.15, 0.2) is 48.5 Å². The number of hydrogen-bond acceptors (Lipinski definition) is 2. The molecule has 4 heteroatoms. The number of carbonyl (C=O) groups excluding carboxylic acids is 1. The minimum absolute atomic E-state index is 0.271. The molecule has 4 aliphatic rings. The van der Waals surface area contributed by atoms with Gasteiger partial charge < -0.3 is 10.4 Å². The first kappa shape index (κ1) is 15.6. The molecule has 2 N–H and O–H groups in total. The average Bonchev–Trinajstić information content (AvgIpc) is 3.48. The van der Waals surface area contributed by atoms with Crippen LogP contribution in [-0.4, -0.2) is 23.5 Å². The maximum atomic E-state index is 12.4. The molecule has 2 bridgehead atoms. The molecule has 0 heterocycles. The van der Waals surface area contributed by atoms with Crippen LogP contribution in [0.3, 0.4) is 0 Å². The Kier molecular flexibility index (Phi) is 3.27. The third-order valence-corrected chi connectivity index (χ3v) is 6.54. The van der Waals surface area contributed by atoms with E-state index in [-0.39, 0.29) is 11.8 Å². The predicted octanol–water partition coefficient (Wildman–Crippen LogP) is 3.26. The van der Waals surface area contributed by atoms with Gasteiger partial charge in [0.15, 0.2) is 0 Å². The Morgan fingerprint density at radius 1 is 0.962 bits per heavy atom. The summed E-state index contributed by atoms with van der Waals surface area (Å²) in [6, 6.07) is 17.2. The van der Waals surface area contributed by atoms with E-state index in [9.17, 15) is 14.7 Å². The highest BCUT2D eigenvalue weighted by atomic mass is 16.4. The standard InChI is InChI=1S/C22H21NO3/c24-20(22(9-10-22)21(25)26)23-12-13-11-18-14-5-1-3-7-16(14)19(13)17-8-4-2-6-15(17)18/h1-8,13,18-19H,9-12H2,(H,23,24)(H,25,26). The number of aliphatic carboxylic acids is 1. The quantitative estimate of drug-likeness (QED) is 0.834. The van der Waals surface area contributed by atoms with Crippen LogP contribution in [0.2, 0.25) is 0 Å². The van der Waals surface area contributed by atoms with Crippen molar-refractivity contribution in [2.24, 2.45) is 11.3 Å². The second kappa shape index (κ2) is 5.44. The number of nitrogens with one attached hydrogen (secondary N) is 1. The maximum Gasteiger partial charge on any atom is 0.319 e. The molecule has 0 aromatic heterocycles. The lowest BCUT2D eigenvalue weighted by Gasteiger charge is -2.45. The molecule has 1 atom stereocenters. The van der Waals surface area contributed by atoms with Crippen LogP contribution in [-0.2, 0) is 9.59 Å². The molecular formula is C22H21NO3. The SMILES string of the molecule is O=C(O)C1(C(=O)NCC2CC3c4ccccc4C2c2ccccc23)CC1. The van der Waals surface area contributed by atoms with Crippen LogP contribution in [0.4, 0.5) is 0 Å². The molecule has 4 aliphatic carbocycles. The summed E-state index contributed by atoms with van der Waals surface area (Å²) in [6.45, 7) is 0.539. The molecule has 0 saturated heterocycles. The Morgan fingerprint density at radius 2 is 1.50 bits per heavy atom. The van der Waals surface area contributed by atoms with E-state index >= 15 is 0 Å². The van der Waals surface area contributed by atoms with E-state index in [0.717, 1.165) is 6.42 Å². The van der Waals surface area contributed by atoms with Crippen molar-refractivity contribution in [3.63, 3.8) is 0 Å². The summed E-state index contributed by atoms with van der Waals surface area (Å²) in [7, 11) is 0. The molecule has 2 aromatic rings. The summed E-state index contributed by atoms with van der Waals surface area (Å²) in [5, 5.41) is 12.3. The predicted molar refractivity (Wildman–Crippen MR) is 97.0 cm³/mol. The number of hydrogen-bond donors (Lipinski definition) is 2. The summed E-state index contributed by atoms with van der Waals surface area (Å²) in [5.41, 5.74) is 4.37. The van der Waals surface area contributed by atoms with E-state index in [1.165, 1.54) is 22.3 Å². The third-order valence-electron chi connectivity index (χ3n) is 6.54. The Hall–Kier alpha value is -2.62. The fourth-order valence-electron chi connectivity index (χ4n) is 5.02. The average molecular weight is 347 g/mol. The first-order chi connectivity index (χ1) is 12.6. The number of carboxylic acid groups (broad SMARTS) is 1. The lowest BCUT2D eigenvalue weighted by molar-refractivity contribution is -0.149. The third kappa shape index (κ3) is 2.08. The summed E-state index contributed by atoms with van der Waals surface area (Å²) in [5.74, 6) is -0.362. The van der Waals surface area contributed by atoms with Gasteiger partial charge in [0.05, 0.1) is 0 Å². The molecule has 1 fully saturated rings. The Bertz CT molecular complexity index is 868. The minimum Gasteiger partial charge on any atom is -0.480 e. The molecule has 0 radical (unpaired) electrons. The van der Waals surface area contributed by atoms with Crippen molar-refractivity contribution in [2.45, 2.75) is 31.1 Å². The zero-order chi connectivity index (χ0) is 17.9. The Balaban J connectivity index is 1.44. The molecule has 0 spiro atoms. The molecule has 0 aliphatic heterocycles. The Labute approximate surface area is 152 Å². The van der Waals surface area contributed by atoms with Crippen molar-refractivity contribution in [3.8, 4) is 0 Å². The number of rotatable bonds is 4. The summed E-state index contributed by atoms with van der Waals surface area (Å²) >= 11 is 0. The van der Waals surface area contributed by atoms with Gasteiger partial charge in [-0.2, -0.15) is 0 Å². The smallest absolute Gasteiger partial charge is 0.319 e. The van der Waals surface area contributed by atoms with Crippen LogP contribution in [0.5, 0.6) is 0 Å². The van der Waals surface area contributed by atoms with E-state index in [1.807, 2.05) is 0 Å². The lowest BCUT2D eigenvalue weighted by atomic mass is 9.59. The highest BCUT2D eigenvalue weighted by Gasteiger charge is 2.57. The van der Waals surface area contributed by atoms with E-state index in [0.29, 0.717) is 31.2 Å². The molecule has 6 rings (SSSR count). The van der Waals surface area contributed by atoms with Gasteiger partial charge in [-0.15, -0.1) is 0 Å². The van der Waals surface area contributed by atoms with Gasteiger partial charge in [-0.1, -0.05) is 48.5 Å². The zero-order valence-electron chi connectivity index (χ0n) is 14.4. The van der Waals surface area contributed by atoms with Crippen molar-refractivity contribution in [1.29, 1.82) is 0 Å². The van der Waals surface area contributed by atoms with Gasteiger partial charge >= 0.3 is 5.97 Å². The highest BCUT2D eigenvalue weighted by Crippen LogP contribution is 2.55. The van der Waals surface area contributed by atoms with Crippen molar-refractivity contribution in [2.75, 3.05) is 6.54 Å². The number of carboxylic acids is 1. The Morgan fingerprint density at radius 3 is 2.00 bits per heavy atom. The molecule has 2 aromatic carbocycles. The second-order valence-electron chi connectivity index (χ2n) is 7.88. The van der Waals surface area contributed by atoms with Crippen molar-refractivity contribution in [1.82, 2.24) is 5.32 Å². The normalized spacial score (nSPS) is 26.5. The van der Waals surface area contributed by atoms with E-state index in [4.69, 9.17) is 0 Å². The largest absolute Gasteiger partial charge is 0.480 e. The fraction of sp³-hybridized carbons (Fsp3) is 0.364. The fourth-order valence-corrected chi connectivity index (χ4v) is 5.02. The van der Waals surface area contributed by atoms with Crippen LogP contribution in [0.25, 0.3) is 0 Å². The van der Waals surface area contributed by atoms with Gasteiger partial charge in [-0.3, -0.25) is 9.59 Å². The number of amides is 1. The lowest BCUT2D eigenvalue weighted by Crippen LogP contribution is -2.43. The molecule has 132 valence electrons. The maximum absolute atomic E-state index is 12.4. The topological polar surface area (TPSA) is 66.4 Å². The second-order valence-corrected chi connectivity index (χ2v) is 7.88. The molecule has 1 amide bonds. The number of fused-ring (bicyclic) bond motifs is 1. The first-order valence-corrected chi connectivity index (χ1v) is 9.31. The van der Waals surface area contributed by atoms with Crippen LogP contribution < -0.4 is 5.32 Å². The summed E-state index contributed by atoms with van der Waals surface area (Å²) < 4.78 is 0. The van der Waals surface area contributed by atoms with E-state index < -0.39 is 11.4 Å². The van der Waals surface area contributed by atoms with Crippen LogP contribution in [0, 0.1) is 11.3 Å². The van der Waals surface area contributed by atoms with E-state index in [1.54, 1.807) is 0 Å². The summed E-state index contributed by atoms with van der Waals surface area (Å²) in [4.78, 5) is 23.8. The van der Waals surface area contributed by atoms with Gasteiger partial charge in [0, 0.05) is 18.4 Å². The van der Waals surface area contributed by atoms with Crippen molar-refractivity contribution < 1.29 is 14.7 Å².